The summed E-state index contributed by atoms with van der Waals surface area (Å²) in [5.41, 5.74) is 0. The zero-order valence-electron chi connectivity index (χ0n) is 6.30. The van der Waals surface area contributed by atoms with Crippen molar-refractivity contribution in [1.82, 2.24) is 5.32 Å². The molecule has 0 spiro atoms. The topological polar surface area (TPSA) is 29.1 Å². The van der Waals surface area contributed by atoms with Crippen LogP contribution in [0.5, 0.6) is 0 Å². The fourth-order valence-electron chi connectivity index (χ4n) is 0.389. The first kappa shape index (κ1) is 13.4. The number of hydrogen-bond donors (Lipinski definition) is 1. The van der Waals surface area contributed by atoms with Crippen molar-refractivity contribution in [1.29, 1.82) is 0 Å². The van der Waals surface area contributed by atoms with Crippen LogP contribution >= 0.6 is 58.0 Å². The van der Waals surface area contributed by atoms with E-state index in [1.54, 1.807) is 0 Å². The number of rotatable bonds is 2. The highest BCUT2D eigenvalue weighted by atomic mass is 35.5. The van der Waals surface area contributed by atoms with Gasteiger partial charge in [-0.3, -0.25) is 4.79 Å². The van der Waals surface area contributed by atoms with Gasteiger partial charge in [0.2, 0.25) is 0 Å². The van der Waals surface area contributed by atoms with E-state index < -0.39 is 5.91 Å². The number of hydrogen-bond acceptors (Lipinski definition) is 1. The first-order chi connectivity index (χ1) is 5.91. The third-order valence-corrected chi connectivity index (χ3v) is 2.86. The SMILES string of the molecule is CNC(=O)/C(Cl)=C(/Cl)C(Cl)=C(Cl)Cl. The van der Waals surface area contributed by atoms with Crippen LogP contribution in [0.1, 0.15) is 0 Å². The van der Waals surface area contributed by atoms with E-state index in [-0.39, 0.29) is 19.6 Å². The van der Waals surface area contributed by atoms with Crippen molar-refractivity contribution >= 4 is 63.9 Å². The lowest BCUT2D eigenvalue weighted by Gasteiger charge is -2.01. The van der Waals surface area contributed by atoms with Gasteiger partial charge < -0.3 is 5.32 Å². The predicted molar refractivity (Wildman–Crippen MR) is 57.4 cm³/mol. The van der Waals surface area contributed by atoms with Gasteiger partial charge in [0.1, 0.15) is 9.52 Å². The Balaban J connectivity index is 5.05. The second-order valence-corrected chi connectivity index (χ2v) is 3.86. The summed E-state index contributed by atoms with van der Waals surface area (Å²) in [5, 5.41) is 1.63. The highest BCUT2D eigenvalue weighted by molar-refractivity contribution is 6.62. The van der Waals surface area contributed by atoms with Crippen LogP contribution in [-0.4, -0.2) is 13.0 Å². The lowest BCUT2D eigenvalue weighted by atomic mass is 10.4. The van der Waals surface area contributed by atoms with Gasteiger partial charge in [-0.1, -0.05) is 58.0 Å². The van der Waals surface area contributed by atoms with Gasteiger partial charge >= 0.3 is 0 Å². The Morgan fingerprint density at radius 2 is 1.38 bits per heavy atom. The highest BCUT2D eigenvalue weighted by Gasteiger charge is 2.14. The summed E-state index contributed by atoms with van der Waals surface area (Å²) in [5.74, 6) is -0.570. The van der Waals surface area contributed by atoms with E-state index >= 15 is 0 Å². The molecule has 0 bridgehead atoms. The molecule has 0 heterocycles. The molecule has 0 aromatic carbocycles. The Hall–Kier alpha value is 0.400. The minimum atomic E-state index is -0.570. The van der Waals surface area contributed by atoms with Gasteiger partial charge in [0, 0.05) is 7.05 Å². The molecule has 1 amide bonds. The minimum absolute atomic E-state index is 0.168. The summed E-state index contributed by atoms with van der Waals surface area (Å²) in [7, 11) is 1.40. The summed E-state index contributed by atoms with van der Waals surface area (Å²) in [6, 6.07) is 0. The van der Waals surface area contributed by atoms with E-state index in [1.807, 2.05) is 0 Å². The van der Waals surface area contributed by atoms with E-state index in [0.717, 1.165) is 0 Å². The zero-order chi connectivity index (χ0) is 10.6. The molecule has 74 valence electrons. The molecule has 0 aromatic rings. The van der Waals surface area contributed by atoms with Crippen LogP contribution in [0.15, 0.2) is 19.6 Å². The Labute approximate surface area is 100 Å². The maximum atomic E-state index is 10.9. The van der Waals surface area contributed by atoms with Crippen molar-refractivity contribution in [2.24, 2.45) is 0 Å². The Morgan fingerprint density at radius 1 is 0.923 bits per heavy atom. The summed E-state index contributed by atoms with van der Waals surface area (Å²) in [6.45, 7) is 0. The molecule has 1 N–H and O–H groups in total. The minimum Gasteiger partial charge on any atom is -0.354 e. The molecule has 0 aliphatic heterocycles. The lowest BCUT2D eigenvalue weighted by molar-refractivity contribution is -0.116. The molecule has 7 heteroatoms. The largest absolute Gasteiger partial charge is 0.354 e. The average molecular weight is 283 g/mol. The summed E-state index contributed by atoms with van der Waals surface area (Å²) >= 11 is 27.3. The molecule has 0 aliphatic carbocycles. The van der Waals surface area contributed by atoms with Crippen molar-refractivity contribution in [3.63, 3.8) is 0 Å². The second kappa shape index (κ2) is 5.99. The van der Waals surface area contributed by atoms with Crippen LogP contribution in [0.25, 0.3) is 0 Å². The van der Waals surface area contributed by atoms with Gasteiger partial charge in [0.15, 0.2) is 0 Å². The predicted octanol–water partition coefficient (Wildman–Crippen LogP) is 3.31. The quantitative estimate of drug-likeness (QED) is 0.611. The maximum absolute atomic E-state index is 10.9. The number of allylic oxidation sites excluding steroid dienone is 2. The molecule has 0 rings (SSSR count). The molecule has 0 fully saturated rings. The second-order valence-electron chi connectivity index (χ2n) is 1.78. The van der Waals surface area contributed by atoms with Gasteiger partial charge in [-0.05, 0) is 0 Å². The molecule has 0 atom stereocenters. The number of nitrogens with one attached hydrogen (secondary N) is 1. The van der Waals surface area contributed by atoms with Crippen molar-refractivity contribution < 1.29 is 4.79 Å². The van der Waals surface area contributed by atoms with Crippen LogP contribution in [0.2, 0.25) is 0 Å². The normalized spacial score (nSPS) is 11.8. The van der Waals surface area contributed by atoms with Crippen molar-refractivity contribution in [3.05, 3.63) is 19.6 Å². The van der Waals surface area contributed by atoms with Gasteiger partial charge in [0.05, 0.1) is 10.1 Å². The summed E-state index contributed by atoms with van der Waals surface area (Å²) < 4.78 is -0.256. The van der Waals surface area contributed by atoms with E-state index in [4.69, 9.17) is 58.0 Å². The molecule has 0 radical (unpaired) electrons. The van der Waals surface area contributed by atoms with Crippen molar-refractivity contribution in [2.75, 3.05) is 7.05 Å². The average Bonchev–Trinajstić information content (AvgIpc) is 2.12. The first-order valence-electron chi connectivity index (χ1n) is 2.90. The molecule has 0 saturated heterocycles. The van der Waals surface area contributed by atoms with E-state index in [0.29, 0.717) is 0 Å². The number of carbonyl (C=O) groups is 1. The number of amides is 1. The van der Waals surface area contributed by atoms with Gasteiger partial charge in [-0.2, -0.15) is 0 Å². The van der Waals surface area contributed by atoms with Crippen LogP contribution in [0.4, 0.5) is 0 Å². The van der Waals surface area contributed by atoms with Crippen LogP contribution in [-0.2, 0) is 4.79 Å². The maximum Gasteiger partial charge on any atom is 0.264 e. The molecule has 13 heavy (non-hydrogen) atoms. The lowest BCUT2D eigenvalue weighted by Crippen LogP contribution is -2.18. The molecule has 0 aliphatic rings. The standard InChI is InChI=1S/C6H4Cl5NO/c1-12-6(13)4(9)2(7)3(8)5(10)11/h1H3,(H,12,13)/b4-2-. The van der Waals surface area contributed by atoms with Crippen LogP contribution in [0.3, 0.4) is 0 Å². The fraction of sp³-hybridized carbons (Fsp3) is 0.167. The fourth-order valence-corrected chi connectivity index (χ4v) is 1.19. The molecular weight excluding hydrogens is 279 g/mol. The molecule has 0 aromatic heterocycles. The molecule has 2 nitrogen and oxygen atoms in total. The zero-order valence-corrected chi connectivity index (χ0v) is 10.1. The van der Waals surface area contributed by atoms with Gasteiger partial charge in [0.25, 0.3) is 5.91 Å². The molecule has 0 unspecified atom stereocenters. The number of halogens is 5. The monoisotopic (exact) mass is 281 g/mol. The molecular formula is C6H4Cl5NO. The number of carbonyl (C=O) groups excluding carboxylic acids is 1. The Morgan fingerprint density at radius 3 is 1.69 bits per heavy atom. The van der Waals surface area contributed by atoms with Crippen molar-refractivity contribution in [2.45, 2.75) is 0 Å². The summed E-state index contributed by atoms with van der Waals surface area (Å²) in [4.78, 5) is 10.9. The van der Waals surface area contributed by atoms with E-state index in [1.165, 1.54) is 7.05 Å². The van der Waals surface area contributed by atoms with Crippen molar-refractivity contribution in [3.8, 4) is 0 Å². The number of likely N-dealkylation sites (N-methyl/N-ethyl adjacent to an activating group) is 1. The summed E-state index contributed by atoms with van der Waals surface area (Å²) in [6.07, 6.45) is 0. The van der Waals surface area contributed by atoms with Crippen LogP contribution < -0.4 is 5.32 Å². The van der Waals surface area contributed by atoms with Gasteiger partial charge in [-0.15, -0.1) is 0 Å². The third-order valence-electron chi connectivity index (χ3n) is 0.978. The van der Waals surface area contributed by atoms with E-state index in [2.05, 4.69) is 5.32 Å². The first-order valence-corrected chi connectivity index (χ1v) is 4.79. The Kier molecular flexibility index (Phi) is 6.18. The van der Waals surface area contributed by atoms with E-state index in [9.17, 15) is 4.79 Å². The third kappa shape index (κ3) is 3.96. The Bertz CT molecular complexity index is 279. The smallest absolute Gasteiger partial charge is 0.264 e. The highest BCUT2D eigenvalue weighted by Crippen LogP contribution is 2.31. The van der Waals surface area contributed by atoms with Crippen LogP contribution in [0, 0.1) is 0 Å². The van der Waals surface area contributed by atoms with Gasteiger partial charge in [-0.25, -0.2) is 0 Å². The molecule has 0 saturated carbocycles.